The summed E-state index contributed by atoms with van der Waals surface area (Å²) in [5.74, 6) is -0.421. The van der Waals surface area contributed by atoms with Crippen LogP contribution < -0.4 is 10.2 Å². The van der Waals surface area contributed by atoms with Crippen LogP contribution in [0, 0.1) is 0 Å². The lowest BCUT2D eigenvalue weighted by molar-refractivity contribution is -0.125. The molecule has 0 spiro atoms. The van der Waals surface area contributed by atoms with Crippen molar-refractivity contribution in [2.45, 2.75) is 63.8 Å². The fourth-order valence-electron chi connectivity index (χ4n) is 4.71. The van der Waals surface area contributed by atoms with Crippen molar-refractivity contribution in [2.75, 3.05) is 44.2 Å². The van der Waals surface area contributed by atoms with Gasteiger partial charge in [0.05, 0.1) is 4.90 Å². The van der Waals surface area contributed by atoms with Gasteiger partial charge in [-0.15, -0.1) is 0 Å². The quantitative estimate of drug-likeness (QED) is 0.635. The van der Waals surface area contributed by atoms with Crippen molar-refractivity contribution >= 4 is 27.5 Å². The number of amides is 2. The van der Waals surface area contributed by atoms with Gasteiger partial charge in [0.2, 0.25) is 21.8 Å². The molecule has 1 fully saturated rings. The minimum absolute atomic E-state index is 0.195. The molecule has 32 heavy (non-hydrogen) atoms. The van der Waals surface area contributed by atoms with Crippen molar-refractivity contribution in [3.05, 3.63) is 23.8 Å². The zero-order valence-corrected chi connectivity index (χ0v) is 20.3. The summed E-state index contributed by atoms with van der Waals surface area (Å²) in [6.07, 6.45) is 5.24. The Kier molecular flexibility index (Phi) is 8.30. The predicted octanol–water partition coefficient (Wildman–Crippen LogP) is 1.99. The Hall–Kier alpha value is -1.97. The monoisotopic (exact) mass is 464 g/mol. The van der Waals surface area contributed by atoms with E-state index in [-0.39, 0.29) is 16.7 Å². The zero-order chi connectivity index (χ0) is 23.3. The standard InChI is InChI=1S/C23H36N4O4S/c1-4-26(5-2)32(30,31)20-10-11-21-19(16-20)17-22(27(21)18(3)28)23(29)24-12-15-25-13-8-6-7-9-14-25/h10-11,16,22H,4-9,12-15,17H2,1-3H3,(H,24,29)/t22-/m1/s1. The summed E-state index contributed by atoms with van der Waals surface area (Å²) in [7, 11) is -3.60. The summed E-state index contributed by atoms with van der Waals surface area (Å²) in [6.45, 7) is 9.29. The summed E-state index contributed by atoms with van der Waals surface area (Å²) < 4.78 is 27.2. The average molecular weight is 465 g/mol. The number of benzene rings is 1. The second kappa shape index (κ2) is 10.8. The highest BCUT2D eigenvalue weighted by molar-refractivity contribution is 7.89. The van der Waals surface area contributed by atoms with Crippen molar-refractivity contribution in [1.82, 2.24) is 14.5 Å². The van der Waals surface area contributed by atoms with Gasteiger partial charge >= 0.3 is 0 Å². The SMILES string of the molecule is CCN(CC)S(=O)(=O)c1ccc2c(c1)C[C@H](C(=O)NCCN1CCCCCC1)N2C(C)=O. The van der Waals surface area contributed by atoms with Gasteiger partial charge in [0.15, 0.2) is 0 Å². The maximum atomic E-state index is 13.0. The van der Waals surface area contributed by atoms with Crippen LogP contribution in [0.2, 0.25) is 0 Å². The van der Waals surface area contributed by atoms with E-state index in [4.69, 9.17) is 0 Å². The molecule has 0 aromatic heterocycles. The van der Waals surface area contributed by atoms with Crippen LogP contribution in [0.5, 0.6) is 0 Å². The number of carbonyl (C=O) groups is 2. The van der Waals surface area contributed by atoms with Crippen LogP contribution in [0.4, 0.5) is 5.69 Å². The number of rotatable bonds is 8. The van der Waals surface area contributed by atoms with Crippen molar-refractivity contribution in [3.63, 3.8) is 0 Å². The first-order valence-corrected chi connectivity index (χ1v) is 13.2. The Bertz CT molecular complexity index is 922. The molecule has 8 nitrogen and oxygen atoms in total. The second-order valence-corrected chi connectivity index (χ2v) is 10.5. The van der Waals surface area contributed by atoms with Crippen LogP contribution in [-0.4, -0.2) is 74.7 Å². The number of likely N-dealkylation sites (tertiary alicyclic amines) is 1. The van der Waals surface area contributed by atoms with Crippen LogP contribution in [0.15, 0.2) is 23.1 Å². The maximum Gasteiger partial charge on any atom is 0.243 e. The summed E-state index contributed by atoms with van der Waals surface area (Å²) in [6, 6.07) is 4.14. The summed E-state index contributed by atoms with van der Waals surface area (Å²) in [4.78, 5) is 29.4. The maximum absolute atomic E-state index is 13.0. The Balaban J connectivity index is 1.71. The molecule has 2 heterocycles. The highest BCUT2D eigenvalue weighted by Gasteiger charge is 2.38. The summed E-state index contributed by atoms with van der Waals surface area (Å²) >= 11 is 0. The first-order valence-electron chi connectivity index (χ1n) is 11.7. The van der Waals surface area contributed by atoms with Crippen molar-refractivity contribution in [3.8, 4) is 0 Å². The van der Waals surface area contributed by atoms with E-state index in [1.165, 1.54) is 47.9 Å². The molecular weight excluding hydrogens is 428 g/mol. The molecule has 0 bridgehead atoms. The third-order valence-corrected chi connectivity index (χ3v) is 8.49. The van der Waals surface area contributed by atoms with Crippen LogP contribution >= 0.6 is 0 Å². The summed E-state index contributed by atoms with van der Waals surface area (Å²) in [5.41, 5.74) is 1.32. The largest absolute Gasteiger partial charge is 0.353 e. The number of hydrogen-bond acceptors (Lipinski definition) is 5. The smallest absolute Gasteiger partial charge is 0.243 e. The number of nitrogens with one attached hydrogen (secondary N) is 1. The van der Waals surface area contributed by atoms with Gasteiger partial charge in [-0.1, -0.05) is 26.7 Å². The molecule has 3 rings (SSSR count). The molecule has 2 amide bonds. The van der Waals surface area contributed by atoms with Crippen molar-refractivity contribution < 1.29 is 18.0 Å². The van der Waals surface area contributed by atoms with Crippen molar-refractivity contribution in [1.29, 1.82) is 0 Å². The molecular formula is C23H36N4O4S. The van der Waals surface area contributed by atoms with E-state index < -0.39 is 16.1 Å². The molecule has 1 saturated heterocycles. The average Bonchev–Trinajstić information content (AvgIpc) is 2.96. The highest BCUT2D eigenvalue weighted by Crippen LogP contribution is 2.34. The van der Waals surface area contributed by atoms with E-state index in [0.717, 1.165) is 19.6 Å². The van der Waals surface area contributed by atoms with E-state index in [1.54, 1.807) is 26.0 Å². The Morgan fingerprint density at radius 2 is 1.75 bits per heavy atom. The van der Waals surface area contributed by atoms with E-state index in [9.17, 15) is 18.0 Å². The molecule has 178 valence electrons. The van der Waals surface area contributed by atoms with Gasteiger partial charge in [-0.3, -0.25) is 14.5 Å². The number of anilines is 1. The fraction of sp³-hybridized carbons (Fsp3) is 0.652. The van der Waals surface area contributed by atoms with Crippen LogP contribution in [0.25, 0.3) is 0 Å². The molecule has 0 radical (unpaired) electrons. The van der Waals surface area contributed by atoms with E-state index in [1.807, 2.05) is 0 Å². The van der Waals surface area contributed by atoms with Crippen LogP contribution in [0.1, 0.15) is 52.0 Å². The lowest BCUT2D eigenvalue weighted by atomic mass is 10.1. The third kappa shape index (κ3) is 5.32. The molecule has 0 saturated carbocycles. The Morgan fingerprint density at radius 1 is 1.09 bits per heavy atom. The normalized spacial score (nSPS) is 19.6. The van der Waals surface area contributed by atoms with Gasteiger partial charge in [-0.2, -0.15) is 4.31 Å². The number of nitrogens with zero attached hydrogens (tertiary/aromatic N) is 3. The van der Waals surface area contributed by atoms with Gasteiger partial charge in [0.25, 0.3) is 0 Å². The Morgan fingerprint density at radius 3 is 2.34 bits per heavy atom. The topological polar surface area (TPSA) is 90.0 Å². The Labute approximate surface area is 192 Å². The summed E-state index contributed by atoms with van der Waals surface area (Å²) in [5, 5.41) is 2.99. The van der Waals surface area contributed by atoms with Crippen LogP contribution in [-0.2, 0) is 26.0 Å². The number of sulfonamides is 1. The van der Waals surface area contributed by atoms with Gasteiger partial charge in [-0.25, -0.2) is 8.42 Å². The molecule has 1 aromatic rings. The molecule has 1 N–H and O–H groups in total. The molecule has 0 unspecified atom stereocenters. The minimum atomic E-state index is -3.60. The number of fused-ring (bicyclic) bond motifs is 1. The molecule has 1 atom stereocenters. The molecule has 2 aliphatic heterocycles. The van der Waals surface area contributed by atoms with Gasteiger partial charge < -0.3 is 10.2 Å². The van der Waals surface area contributed by atoms with E-state index in [2.05, 4.69) is 10.2 Å². The number of hydrogen-bond donors (Lipinski definition) is 1. The molecule has 0 aliphatic carbocycles. The second-order valence-electron chi connectivity index (χ2n) is 8.54. The van der Waals surface area contributed by atoms with E-state index in [0.29, 0.717) is 37.3 Å². The first-order chi connectivity index (χ1) is 15.3. The third-order valence-electron chi connectivity index (χ3n) is 6.45. The predicted molar refractivity (Wildman–Crippen MR) is 125 cm³/mol. The molecule has 2 aliphatic rings. The minimum Gasteiger partial charge on any atom is -0.353 e. The van der Waals surface area contributed by atoms with Crippen LogP contribution in [0.3, 0.4) is 0 Å². The zero-order valence-electron chi connectivity index (χ0n) is 19.5. The molecule has 1 aromatic carbocycles. The van der Waals surface area contributed by atoms with E-state index >= 15 is 0 Å². The molecule has 9 heteroatoms. The van der Waals surface area contributed by atoms with Gasteiger partial charge in [0.1, 0.15) is 6.04 Å². The fourth-order valence-corrected chi connectivity index (χ4v) is 6.22. The van der Waals surface area contributed by atoms with Crippen molar-refractivity contribution in [2.24, 2.45) is 0 Å². The number of carbonyl (C=O) groups excluding carboxylic acids is 2. The lowest BCUT2D eigenvalue weighted by Crippen LogP contribution is -2.48. The lowest BCUT2D eigenvalue weighted by Gasteiger charge is -2.25. The van der Waals surface area contributed by atoms with Gasteiger partial charge in [-0.05, 0) is 49.7 Å². The highest BCUT2D eigenvalue weighted by atomic mass is 32.2. The van der Waals surface area contributed by atoms with Gasteiger partial charge in [0, 0.05) is 45.2 Å². The first kappa shape index (κ1) is 24.7.